The summed E-state index contributed by atoms with van der Waals surface area (Å²) in [5, 5.41) is 26.8. The summed E-state index contributed by atoms with van der Waals surface area (Å²) >= 11 is 5.21. The average molecular weight is 307 g/mol. The molecule has 0 aromatic heterocycles. The van der Waals surface area contributed by atoms with E-state index in [0.29, 0.717) is 22.6 Å². The molecule has 2 rings (SSSR count). The topological polar surface area (TPSA) is 76.9 Å². The van der Waals surface area contributed by atoms with Gasteiger partial charge in [-0.3, -0.25) is 5.43 Å². The molecule has 0 amide bonds. The van der Waals surface area contributed by atoms with E-state index in [1.54, 1.807) is 12.1 Å². The molecule has 1 aromatic carbocycles. The number of nitrogens with one attached hydrogen (secondary N) is 2. The first kappa shape index (κ1) is 15.6. The number of rotatable bonds is 3. The number of hydrogen-bond donors (Lipinski definition) is 4. The Labute approximate surface area is 130 Å². The number of benzene rings is 1. The van der Waals surface area contributed by atoms with Crippen LogP contribution in [-0.2, 0) is 0 Å². The molecule has 6 heteroatoms. The van der Waals surface area contributed by atoms with E-state index in [4.69, 9.17) is 12.2 Å². The highest BCUT2D eigenvalue weighted by Gasteiger charge is 2.21. The van der Waals surface area contributed by atoms with Gasteiger partial charge in [-0.15, -0.1) is 0 Å². The molecule has 4 N–H and O–H groups in total. The first-order valence-electron chi connectivity index (χ1n) is 7.18. The lowest BCUT2D eigenvalue weighted by Crippen LogP contribution is -2.44. The average Bonchev–Trinajstić information content (AvgIpc) is 2.46. The van der Waals surface area contributed by atoms with Crippen molar-refractivity contribution in [2.75, 3.05) is 0 Å². The highest BCUT2D eigenvalue weighted by atomic mass is 32.1. The summed E-state index contributed by atoms with van der Waals surface area (Å²) in [5.74, 6) is 0.246. The smallest absolute Gasteiger partial charge is 0.187 e. The second-order valence-electron chi connectivity index (χ2n) is 5.43. The van der Waals surface area contributed by atoms with Gasteiger partial charge in [0.2, 0.25) is 0 Å². The van der Waals surface area contributed by atoms with Gasteiger partial charge in [-0.1, -0.05) is 25.8 Å². The molecule has 2 atom stereocenters. The molecule has 5 nitrogen and oxygen atoms in total. The lowest BCUT2D eigenvalue weighted by Gasteiger charge is -2.30. The molecule has 0 bridgehead atoms. The second kappa shape index (κ2) is 7.26. The van der Waals surface area contributed by atoms with Crippen molar-refractivity contribution in [3.63, 3.8) is 0 Å². The summed E-state index contributed by atoms with van der Waals surface area (Å²) in [6.45, 7) is 2.23. The third kappa shape index (κ3) is 4.32. The molecule has 0 heterocycles. The summed E-state index contributed by atoms with van der Waals surface area (Å²) in [7, 11) is 0. The molecule has 21 heavy (non-hydrogen) atoms. The summed E-state index contributed by atoms with van der Waals surface area (Å²) in [4.78, 5) is 0. The Bertz CT molecular complexity index is 534. The number of thiocarbonyl (C=S) groups is 1. The van der Waals surface area contributed by atoms with Crippen LogP contribution in [0.2, 0.25) is 0 Å². The van der Waals surface area contributed by atoms with Gasteiger partial charge in [-0.25, -0.2) is 0 Å². The molecule has 0 radical (unpaired) electrons. The zero-order chi connectivity index (χ0) is 15.2. The van der Waals surface area contributed by atoms with Crippen LogP contribution in [0.3, 0.4) is 0 Å². The van der Waals surface area contributed by atoms with E-state index >= 15 is 0 Å². The maximum absolute atomic E-state index is 9.64. The van der Waals surface area contributed by atoms with Crippen molar-refractivity contribution >= 4 is 23.5 Å². The predicted octanol–water partition coefficient (Wildman–Crippen LogP) is 2.47. The Kier molecular flexibility index (Phi) is 5.38. The van der Waals surface area contributed by atoms with Crippen LogP contribution in [0.5, 0.6) is 11.5 Å². The lowest BCUT2D eigenvalue weighted by molar-refractivity contribution is 0.308. The van der Waals surface area contributed by atoms with Gasteiger partial charge in [-0.05, 0) is 43.1 Å². The largest absolute Gasteiger partial charge is 0.504 e. The van der Waals surface area contributed by atoms with E-state index in [0.717, 1.165) is 6.42 Å². The monoisotopic (exact) mass is 307 g/mol. The molecular weight excluding hydrogens is 286 g/mol. The molecule has 0 spiro atoms. The molecule has 114 valence electrons. The number of phenolic OH excluding ortho intramolecular Hbond substituents is 2. The maximum atomic E-state index is 9.64. The predicted molar refractivity (Wildman–Crippen MR) is 87.7 cm³/mol. The molecule has 1 aliphatic rings. The minimum absolute atomic E-state index is 0.171. The molecule has 0 saturated heterocycles. The van der Waals surface area contributed by atoms with Gasteiger partial charge in [0.15, 0.2) is 16.6 Å². The van der Waals surface area contributed by atoms with E-state index in [1.807, 2.05) is 0 Å². The third-order valence-electron chi connectivity index (χ3n) is 3.84. The molecule has 1 aliphatic carbocycles. The van der Waals surface area contributed by atoms with E-state index in [2.05, 4.69) is 22.8 Å². The maximum Gasteiger partial charge on any atom is 0.187 e. The quantitative estimate of drug-likeness (QED) is 0.299. The third-order valence-corrected chi connectivity index (χ3v) is 4.05. The van der Waals surface area contributed by atoms with E-state index in [1.165, 1.54) is 31.5 Å². The van der Waals surface area contributed by atoms with Crippen molar-refractivity contribution < 1.29 is 10.2 Å². The number of hydrogen-bond acceptors (Lipinski definition) is 4. The molecule has 1 saturated carbocycles. The zero-order valence-electron chi connectivity index (χ0n) is 12.0. The minimum Gasteiger partial charge on any atom is -0.504 e. The minimum atomic E-state index is -0.192. The second-order valence-corrected chi connectivity index (χ2v) is 5.83. The normalized spacial score (nSPS) is 22.1. The van der Waals surface area contributed by atoms with Crippen LogP contribution < -0.4 is 10.7 Å². The van der Waals surface area contributed by atoms with Gasteiger partial charge in [0, 0.05) is 11.6 Å². The zero-order valence-corrected chi connectivity index (χ0v) is 12.9. The van der Waals surface area contributed by atoms with Gasteiger partial charge >= 0.3 is 0 Å². The van der Waals surface area contributed by atoms with Crippen molar-refractivity contribution in [3.05, 3.63) is 23.8 Å². The Morgan fingerprint density at radius 3 is 2.86 bits per heavy atom. The van der Waals surface area contributed by atoms with Gasteiger partial charge in [0.1, 0.15) is 0 Å². The number of nitrogens with zero attached hydrogens (tertiary/aromatic N) is 1. The van der Waals surface area contributed by atoms with Crippen LogP contribution in [0, 0.1) is 5.92 Å². The molecule has 0 aliphatic heterocycles. The summed E-state index contributed by atoms with van der Waals surface area (Å²) in [6, 6.07) is 5.09. The first-order valence-corrected chi connectivity index (χ1v) is 7.59. The molecule has 1 fully saturated rings. The van der Waals surface area contributed by atoms with Crippen LogP contribution in [-0.4, -0.2) is 27.6 Å². The fraction of sp³-hybridized carbons (Fsp3) is 0.467. The van der Waals surface area contributed by atoms with Crippen molar-refractivity contribution in [1.82, 2.24) is 10.7 Å². The van der Waals surface area contributed by atoms with Crippen LogP contribution in [0.25, 0.3) is 0 Å². The number of hydrazone groups is 1. The van der Waals surface area contributed by atoms with E-state index in [9.17, 15) is 10.2 Å². The Morgan fingerprint density at radius 1 is 1.33 bits per heavy atom. The summed E-state index contributed by atoms with van der Waals surface area (Å²) in [6.07, 6.45) is 6.29. The Hall–Kier alpha value is -1.82. The summed E-state index contributed by atoms with van der Waals surface area (Å²) in [5.41, 5.74) is 3.17. The van der Waals surface area contributed by atoms with E-state index < -0.39 is 0 Å². The first-order chi connectivity index (χ1) is 10.1. The van der Waals surface area contributed by atoms with Gasteiger partial charge < -0.3 is 15.5 Å². The van der Waals surface area contributed by atoms with Crippen LogP contribution in [0.4, 0.5) is 0 Å². The number of aromatic hydroxyl groups is 2. The van der Waals surface area contributed by atoms with Gasteiger partial charge in [0.25, 0.3) is 0 Å². The van der Waals surface area contributed by atoms with E-state index in [-0.39, 0.29) is 11.5 Å². The van der Waals surface area contributed by atoms with Crippen LogP contribution >= 0.6 is 12.2 Å². The number of phenols is 2. The molecular formula is C15H21N3O2S. The van der Waals surface area contributed by atoms with Crippen molar-refractivity contribution in [3.8, 4) is 11.5 Å². The van der Waals surface area contributed by atoms with Gasteiger partial charge in [0.05, 0.1) is 6.21 Å². The highest BCUT2D eigenvalue weighted by molar-refractivity contribution is 7.80. The van der Waals surface area contributed by atoms with Crippen LogP contribution in [0.1, 0.15) is 38.2 Å². The Balaban J connectivity index is 1.86. The standard InChI is InChI=1S/C15H21N3O2S/c1-10-5-2-3-7-12(10)17-15(21)18-16-9-11-6-4-8-13(19)14(11)20/h4,6,8-10,12,19-20H,2-3,5,7H2,1H3,(H2,17,18,21)/b16-9+/t10-,12-/m0/s1. The number of para-hydroxylation sites is 1. The lowest BCUT2D eigenvalue weighted by atomic mass is 9.86. The van der Waals surface area contributed by atoms with Crippen LogP contribution in [0.15, 0.2) is 23.3 Å². The van der Waals surface area contributed by atoms with Crippen molar-refractivity contribution in [1.29, 1.82) is 0 Å². The van der Waals surface area contributed by atoms with Gasteiger partial charge in [-0.2, -0.15) is 5.10 Å². The molecule has 0 unspecified atom stereocenters. The Morgan fingerprint density at radius 2 is 2.10 bits per heavy atom. The van der Waals surface area contributed by atoms with Crippen molar-refractivity contribution in [2.24, 2.45) is 11.0 Å². The van der Waals surface area contributed by atoms with Crippen molar-refractivity contribution in [2.45, 2.75) is 38.6 Å². The molecule has 1 aromatic rings. The highest BCUT2D eigenvalue weighted by Crippen LogP contribution is 2.26. The summed E-state index contributed by atoms with van der Waals surface area (Å²) < 4.78 is 0. The fourth-order valence-electron chi connectivity index (χ4n) is 2.54. The SMILES string of the molecule is C[C@H]1CCCC[C@@H]1NC(=S)N/N=C/c1cccc(O)c1O. The fourth-order valence-corrected chi connectivity index (χ4v) is 2.75.